The largest absolute Gasteiger partial charge is 0.488 e. The highest BCUT2D eigenvalue weighted by molar-refractivity contribution is 6.30. The maximum absolute atomic E-state index is 10.9. The fourth-order valence-corrected chi connectivity index (χ4v) is 2.84. The summed E-state index contributed by atoms with van der Waals surface area (Å²) < 4.78 is 5.94. The molecule has 2 aromatic rings. The Hall–Kier alpha value is -2.34. The topological polar surface area (TPSA) is 68.5 Å². The van der Waals surface area contributed by atoms with Crippen molar-refractivity contribution >= 4 is 23.1 Å². The number of nitro groups is 1. The van der Waals surface area contributed by atoms with Crippen LogP contribution in [0.4, 0.5) is 11.5 Å². The second-order valence-corrected chi connectivity index (χ2v) is 5.95. The van der Waals surface area contributed by atoms with Crippen LogP contribution in [0, 0.1) is 17.0 Å². The third-order valence-electron chi connectivity index (χ3n) is 3.83. The first-order chi connectivity index (χ1) is 11.0. The van der Waals surface area contributed by atoms with Gasteiger partial charge in [0.05, 0.1) is 11.5 Å². The summed E-state index contributed by atoms with van der Waals surface area (Å²) in [6, 6.07) is 9.08. The summed E-state index contributed by atoms with van der Waals surface area (Å²) in [5.74, 6) is 1.49. The van der Waals surface area contributed by atoms with Gasteiger partial charge in [-0.25, -0.2) is 4.98 Å². The number of anilines is 1. The molecule has 1 atom stereocenters. The maximum Gasteiger partial charge on any atom is 0.290 e. The lowest BCUT2D eigenvalue weighted by Gasteiger charge is -2.18. The van der Waals surface area contributed by atoms with E-state index in [0.29, 0.717) is 17.1 Å². The Bertz CT molecular complexity index is 738. The number of benzene rings is 1. The van der Waals surface area contributed by atoms with E-state index in [9.17, 15) is 10.1 Å². The van der Waals surface area contributed by atoms with Crippen LogP contribution in [0.25, 0.3) is 0 Å². The van der Waals surface area contributed by atoms with Crippen molar-refractivity contribution in [3.8, 4) is 5.75 Å². The zero-order valence-electron chi connectivity index (χ0n) is 12.6. The molecule has 1 aliphatic heterocycles. The molecule has 2 heterocycles. The second kappa shape index (κ2) is 6.42. The highest BCUT2D eigenvalue weighted by Crippen LogP contribution is 2.26. The molecule has 120 valence electrons. The average molecular weight is 334 g/mol. The number of halogens is 1. The summed E-state index contributed by atoms with van der Waals surface area (Å²) in [4.78, 5) is 16.7. The van der Waals surface area contributed by atoms with Gasteiger partial charge in [-0.1, -0.05) is 17.7 Å². The molecule has 0 bridgehead atoms. The number of nitrogens with zero attached hydrogens (tertiary/aromatic N) is 3. The second-order valence-electron chi connectivity index (χ2n) is 5.52. The van der Waals surface area contributed by atoms with Crippen molar-refractivity contribution in [2.75, 3.05) is 18.0 Å². The molecule has 0 saturated carbocycles. The van der Waals surface area contributed by atoms with E-state index in [1.54, 1.807) is 25.1 Å². The summed E-state index contributed by atoms with van der Waals surface area (Å²) in [5, 5.41) is 11.5. The Balaban J connectivity index is 1.68. The molecule has 1 aliphatic rings. The van der Waals surface area contributed by atoms with E-state index >= 15 is 0 Å². The van der Waals surface area contributed by atoms with Crippen molar-refractivity contribution in [3.63, 3.8) is 0 Å². The summed E-state index contributed by atoms with van der Waals surface area (Å²) in [6.07, 6.45) is 2.23. The predicted molar refractivity (Wildman–Crippen MR) is 88.3 cm³/mol. The quantitative estimate of drug-likeness (QED) is 0.631. The molecule has 7 heteroatoms. The van der Waals surface area contributed by atoms with E-state index in [1.807, 2.05) is 12.1 Å². The lowest BCUT2D eigenvalue weighted by Crippen LogP contribution is -2.25. The number of hydrogen-bond donors (Lipinski definition) is 0. The van der Waals surface area contributed by atoms with Gasteiger partial charge < -0.3 is 9.64 Å². The molecule has 23 heavy (non-hydrogen) atoms. The number of aromatic nitrogens is 1. The Kier molecular flexibility index (Phi) is 4.34. The van der Waals surface area contributed by atoms with Crippen molar-refractivity contribution in [3.05, 3.63) is 57.2 Å². The molecule has 0 radical (unpaired) electrons. The number of rotatable bonds is 4. The first kappa shape index (κ1) is 15.6. The van der Waals surface area contributed by atoms with Crippen LogP contribution in [-0.2, 0) is 0 Å². The molecule has 0 N–H and O–H groups in total. The Labute approximate surface area is 138 Å². The lowest BCUT2D eigenvalue weighted by molar-refractivity contribution is -0.385. The van der Waals surface area contributed by atoms with Gasteiger partial charge in [0, 0.05) is 23.6 Å². The van der Waals surface area contributed by atoms with Crippen LogP contribution in [0.2, 0.25) is 5.02 Å². The first-order valence-electron chi connectivity index (χ1n) is 7.31. The number of hydrogen-bond acceptors (Lipinski definition) is 5. The zero-order valence-corrected chi connectivity index (χ0v) is 13.4. The predicted octanol–water partition coefficient (Wildman–Crippen LogP) is 3.61. The van der Waals surface area contributed by atoms with E-state index in [4.69, 9.17) is 16.3 Å². The number of pyridine rings is 1. The van der Waals surface area contributed by atoms with Crippen LogP contribution in [0.1, 0.15) is 12.0 Å². The van der Waals surface area contributed by atoms with Crippen LogP contribution in [0.15, 0.2) is 36.5 Å². The molecule has 1 aromatic carbocycles. The number of aryl methyl sites for hydroxylation is 1. The Morgan fingerprint density at radius 2 is 2.26 bits per heavy atom. The normalized spacial score (nSPS) is 17.3. The van der Waals surface area contributed by atoms with Gasteiger partial charge >= 0.3 is 0 Å². The highest BCUT2D eigenvalue weighted by atomic mass is 35.5. The van der Waals surface area contributed by atoms with Gasteiger partial charge in [-0.2, -0.15) is 0 Å². The van der Waals surface area contributed by atoms with Gasteiger partial charge in [-0.05, 0) is 31.2 Å². The van der Waals surface area contributed by atoms with Crippen LogP contribution >= 0.6 is 11.6 Å². The lowest BCUT2D eigenvalue weighted by atomic mass is 10.2. The van der Waals surface area contributed by atoms with Crippen LogP contribution in [-0.4, -0.2) is 29.1 Å². The first-order valence-corrected chi connectivity index (χ1v) is 7.69. The highest BCUT2D eigenvalue weighted by Gasteiger charge is 2.26. The van der Waals surface area contributed by atoms with Crippen LogP contribution in [0.3, 0.4) is 0 Å². The van der Waals surface area contributed by atoms with Crippen molar-refractivity contribution in [2.45, 2.75) is 19.4 Å². The summed E-state index contributed by atoms with van der Waals surface area (Å²) in [5.41, 5.74) is 0.652. The van der Waals surface area contributed by atoms with Crippen molar-refractivity contribution in [2.24, 2.45) is 0 Å². The van der Waals surface area contributed by atoms with Crippen molar-refractivity contribution in [1.82, 2.24) is 4.98 Å². The molecule has 1 aromatic heterocycles. The molecular weight excluding hydrogens is 318 g/mol. The van der Waals surface area contributed by atoms with E-state index in [1.165, 1.54) is 6.20 Å². The molecule has 6 nitrogen and oxygen atoms in total. The standard InChI is InChI=1S/C16H16ClN3O3/c1-11-7-16(18-9-15(11)20(21)22)19-6-5-14(10-19)23-13-4-2-3-12(17)8-13/h2-4,7-9,14H,5-6,10H2,1H3. The van der Waals surface area contributed by atoms with Crippen LogP contribution < -0.4 is 9.64 Å². The molecular formula is C16H16ClN3O3. The fourth-order valence-electron chi connectivity index (χ4n) is 2.66. The molecule has 1 fully saturated rings. The van der Waals surface area contributed by atoms with E-state index in [-0.39, 0.29) is 11.8 Å². The Morgan fingerprint density at radius 1 is 1.43 bits per heavy atom. The average Bonchev–Trinajstić information content (AvgIpc) is 2.95. The zero-order chi connectivity index (χ0) is 16.4. The van der Waals surface area contributed by atoms with Crippen molar-refractivity contribution < 1.29 is 9.66 Å². The van der Waals surface area contributed by atoms with E-state index < -0.39 is 4.92 Å². The SMILES string of the molecule is Cc1cc(N2CCC(Oc3cccc(Cl)c3)C2)ncc1[N+](=O)[O-]. The molecule has 0 aliphatic carbocycles. The minimum atomic E-state index is -0.416. The van der Waals surface area contributed by atoms with Gasteiger partial charge in [0.15, 0.2) is 0 Å². The Morgan fingerprint density at radius 3 is 2.96 bits per heavy atom. The van der Waals surface area contributed by atoms with Gasteiger partial charge in [0.1, 0.15) is 23.9 Å². The van der Waals surface area contributed by atoms with Gasteiger partial charge in [-0.15, -0.1) is 0 Å². The molecule has 0 spiro atoms. The third-order valence-corrected chi connectivity index (χ3v) is 4.07. The molecule has 1 unspecified atom stereocenters. The van der Waals surface area contributed by atoms with Gasteiger partial charge in [0.25, 0.3) is 5.69 Å². The van der Waals surface area contributed by atoms with Gasteiger partial charge in [0.2, 0.25) is 0 Å². The summed E-state index contributed by atoms with van der Waals surface area (Å²) >= 11 is 5.96. The van der Waals surface area contributed by atoms with E-state index in [0.717, 1.165) is 24.5 Å². The van der Waals surface area contributed by atoms with E-state index in [2.05, 4.69) is 9.88 Å². The summed E-state index contributed by atoms with van der Waals surface area (Å²) in [7, 11) is 0. The minimum absolute atomic E-state index is 0.0414. The molecule has 1 saturated heterocycles. The third kappa shape index (κ3) is 3.53. The maximum atomic E-state index is 10.9. The minimum Gasteiger partial charge on any atom is -0.488 e. The summed E-state index contributed by atoms with van der Waals surface area (Å²) in [6.45, 7) is 3.21. The van der Waals surface area contributed by atoms with Gasteiger partial charge in [-0.3, -0.25) is 10.1 Å². The van der Waals surface area contributed by atoms with Crippen molar-refractivity contribution in [1.29, 1.82) is 0 Å². The smallest absolute Gasteiger partial charge is 0.290 e. The monoisotopic (exact) mass is 333 g/mol. The fraction of sp³-hybridized carbons (Fsp3) is 0.312. The molecule has 0 amide bonds. The molecule has 3 rings (SSSR count). The number of ether oxygens (including phenoxy) is 1. The van der Waals surface area contributed by atoms with Crippen LogP contribution in [0.5, 0.6) is 5.75 Å².